The van der Waals surface area contributed by atoms with Crippen molar-refractivity contribution < 1.29 is 27.5 Å². The van der Waals surface area contributed by atoms with Gasteiger partial charge in [-0.1, -0.05) is 12.8 Å². The molecule has 26 heavy (non-hydrogen) atoms. The maximum atomic E-state index is 12.8. The number of rotatable bonds is 7. The van der Waals surface area contributed by atoms with Crippen molar-refractivity contribution in [2.75, 3.05) is 20.8 Å². The molecule has 9 heteroatoms. The van der Waals surface area contributed by atoms with E-state index in [1.807, 2.05) is 0 Å². The van der Waals surface area contributed by atoms with Gasteiger partial charge < -0.3 is 15.2 Å². The van der Waals surface area contributed by atoms with Crippen LogP contribution in [-0.4, -0.2) is 47.2 Å². The molecule has 0 aliphatic heterocycles. The zero-order chi connectivity index (χ0) is 19.3. The number of nitrogens with one attached hydrogen (secondary N) is 1. The fraction of sp³-hybridized carbons (Fsp3) is 0.529. The summed E-state index contributed by atoms with van der Waals surface area (Å²) in [7, 11) is -1.64. The standard InChI is InChI=1S/C17H24N2O6S/c1-24-16(20)12-7-13(17(21)25-2)9-14(8-12)26(22,23)19-15(10-18)11-5-3-4-6-11/h7-9,11,15,19H,3-6,10,18H2,1-2H3. The van der Waals surface area contributed by atoms with Crippen LogP contribution in [0.4, 0.5) is 0 Å². The summed E-state index contributed by atoms with van der Waals surface area (Å²) in [5.74, 6) is -1.32. The smallest absolute Gasteiger partial charge is 0.337 e. The third kappa shape index (κ3) is 4.60. The largest absolute Gasteiger partial charge is 0.465 e. The quantitative estimate of drug-likeness (QED) is 0.673. The minimum atomic E-state index is -3.98. The van der Waals surface area contributed by atoms with Gasteiger partial charge in [-0.3, -0.25) is 0 Å². The van der Waals surface area contributed by atoms with Crippen LogP contribution in [-0.2, 0) is 19.5 Å². The fourth-order valence-corrected chi connectivity index (χ4v) is 4.58. The number of hydrogen-bond donors (Lipinski definition) is 2. The Morgan fingerprint density at radius 3 is 2.04 bits per heavy atom. The summed E-state index contributed by atoms with van der Waals surface area (Å²) in [6, 6.07) is 3.17. The van der Waals surface area contributed by atoms with Crippen LogP contribution in [0.1, 0.15) is 46.4 Å². The molecule has 1 fully saturated rings. The Hall–Kier alpha value is -1.97. The molecule has 0 heterocycles. The zero-order valence-corrected chi connectivity index (χ0v) is 15.7. The third-order valence-electron chi connectivity index (χ3n) is 4.59. The molecule has 1 aromatic carbocycles. The first-order valence-electron chi connectivity index (χ1n) is 8.36. The lowest BCUT2D eigenvalue weighted by Gasteiger charge is -2.23. The number of ether oxygens (including phenoxy) is 2. The van der Waals surface area contributed by atoms with Crippen molar-refractivity contribution in [2.45, 2.75) is 36.6 Å². The zero-order valence-electron chi connectivity index (χ0n) is 14.9. The molecule has 0 bridgehead atoms. The van der Waals surface area contributed by atoms with Gasteiger partial charge >= 0.3 is 11.9 Å². The number of carbonyl (C=O) groups excluding carboxylic acids is 2. The first-order chi connectivity index (χ1) is 12.3. The van der Waals surface area contributed by atoms with Crippen LogP contribution < -0.4 is 10.5 Å². The second-order valence-corrected chi connectivity index (χ2v) is 7.95. The van der Waals surface area contributed by atoms with Crippen molar-refractivity contribution in [1.82, 2.24) is 4.72 Å². The van der Waals surface area contributed by atoms with Crippen LogP contribution >= 0.6 is 0 Å². The Morgan fingerprint density at radius 2 is 1.62 bits per heavy atom. The van der Waals surface area contributed by atoms with Crippen LogP contribution in [0.5, 0.6) is 0 Å². The predicted molar refractivity (Wildman–Crippen MR) is 94.2 cm³/mol. The van der Waals surface area contributed by atoms with Crippen molar-refractivity contribution in [1.29, 1.82) is 0 Å². The van der Waals surface area contributed by atoms with Crippen molar-refractivity contribution in [3.8, 4) is 0 Å². The first-order valence-corrected chi connectivity index (χ1v) is 9.84. The van der Waals surface area contributed by atoms with E-state index in [0.717, 1.165) is 25.7 Å². The van der Waals surface area contributed by atoms with E-state index >= 15 is 0 Å². The molecule has 3 N–H and O–H groups in total. The second-order valence-electron chi connectivity index (χ2n) is 6.24. The van der Waals surface area contributed by atoms with E-state index in [0.29, 0.717) is 0 Å². The van der Waals surface area contributed by atoms with E-state index in [4.69, 9.17) is 5.73 Å². The lowest BCUT2D eigenvalue weighted by Crippen LogP contribution is -2.44. The third-order valence-corrected chi connectivity index (χ3v) is 6.06. The lowest BCUT2D eigenvalue weighted by molar-refractivity contribution is 0.0598. The predicted octanol–water partition coefficient (Wildman–Crippen LogP) is 1.06. The highest BCUT2D eigenvalue weighted by Gasteiger charge is 2.29. The summed E-state index contributed by atoms with van der Waals surface area (Å²) in [4.78, 5) is 23.5. The van der Waals surface area contributed by atoms with Gasteiger partial charge in [0, 0.05) is 12.6 Å². The molecule has 2 rings (SSSR count). The first kappa shape index (κ1) is 20.3. The van der Waals surface area contributed by atoms with Gasteiger partial charge in [-0.05, 0) is 37.0 Å². The van der Waals surface area contributed by atoms with Gasteiger partial charge in [0.1, 0.15) is 0 Å². The Bertz CT molecular complexity index is 737. The monoisotopic (exact) mass is 384 g/mol. The Kier molecular flexibility index (Phi) is 6.74. The van der Waals surface area contributed by atoms with Gasteiger partial charge in [0.25, 0.3) is 0 Å². The maximum Gasteiger partial charge on any atom is 0.337 e. The topological polar surface area (TPSA) is 125 Å². The van der Waals surface area contributed by atoms with Crippen molar-refractivity contribution in [3.05, 3.63) is 29.3 Å². The molecule has 1 aromatic rings. The molecule has 1 saturated carbocycles. The van der Waals surface area contributed by atoms with Crippen molar-refractivity contribution in [3.63, 3.8) is 0 Å². The number of sulfonamides is 1. The molecule has 1 atom stereocenters. The van der Waals surface area contributed by atoms with E-state index in [9.17, 15) is 18.0 Å². The average Bonchev–Trinajstić information content (AvgIpc) is 3.18. The lowest BCUT2D eigenvalue weighted by atomic mass is 9.99. The van der Waals surface area contributed by atoms with Gasteiger partial charge in [-0.15, -0.1) is 0 Å². The summed E-state index contributed by atoms with van der Waals surface area (Å²) in [5, 5.41) is 0. The van der Waals surface area contributed by atoms with Gasteiger partial charge in [0.2, 0.25) is 10.0 Å². The molecule has 1 aliphatic rings. The molecular formula is C17H24N2O6S. The van der Waals surface area contributed by atoms with E-state index in [1.165, 1.54) is 32.4 Å². The second kappa shape index (κ2) is 8.61. The molecule has 1 unspecified atom stereocenters. The number of esters is 2. The molecule has 1 aliphatic carbocycles. The Morgan fingerprint density at radius 1 is 1.12 bits per heavy atom. The molecule has 0 radical (unpaired) electrons. The van der Waals surface area contributed by atoms with Crippen molar-refractivity contribution in [2.24, 2.45) is 11.7 Å². The molecular weight excluding hydrogens is 360 g/mol. The normalized spacial score (nSPS) is 16.3. The number of carbonyl (C=O) groups is 2. The summed E-state index contributed by atoms with van der Waals surface area (Å²) in [6.45, 7) is 0.171. The van der Waals surface area contributed by atoms with Crippen LogP contribution in [0.2, 0.25) is 0 Å². The highest BCUT2D eigenvalue weighted by Crippen LogP contribution is 2.28. The summed E-state index contributed by atoms with van der Waals surface area (Å²) >= 11 is 0. The van der Waals surface area contributed by atoms with Crippen molar-refractivity contribution >= 4 is 22.0 Å². The molecule has 0 amide bonds. The number of methoxy groups -OCH3 is 2. The molecule has 8 nitrogen and oxygen atoms in total. The van der Waals surface area contributed by atoms with E-state index in [1.54, 1.807) is 0 Å². The Labute approximate surface area is 153 Å². The highest BCUT2D eigenvalue weighted by molar-refractivity contribution is 7.89. The van der Waals surface area contributed by atoms with Gasteiger partial charge in [0.05, 0.1) is 30.2 Å². The van der Waals surface area contributed by atoms with Crippen LogP contribution in [0.15, 0.2) is 23.1 Å². The minimum absolute atomic E-state index is 0.0547. The van der Waals surface area contributed by atoms with E-state index in [-0.39, 0.29) is 28.5 Å². The highest BCUT2D eigenvalue weighted by atomic mass is 32.2. The maximum absolute atomic E-state index is 12.8. The van der Waals surface area contributed by atoms with Crippen LogP contribution in [0.3, 0.4) is 0 Å². The molecule has 0 aromatic heterocycles. The van der Waals surface area contributed by atoms with Gasteiger partial charge in [0.15, 0.2) is 0 Å². The van der Waals surface area contributed by atoms with Gasteiger partial charge in [-0.2, -0.15) is 0 Å². The SMILES string of the molecule is COC(=O)c1cc(C(=O)OC)cc(S(=O)(=O)NC(CN)C2CCCC2)c1. The van der Waals surface area contributed by atoms with Crippen LogP contribution in [0, 0.1) is 5.92 Å². The Balaban J connectivity index is 2.39. The summed E-state index contributed by atoms with van der Waals surface area (Å²) in [6.07, 6.45) is 3.93. The van der Waals surface area contributed by atoms with Crippen LogP contribution in [0.25, 0.3) is 0 Å². The average molecular weight is 384 g/mol. The van der Waals surface area contributed by atoms with E-state index in [2.05, 4.69) is 14.2 Å². The molecule has 0 spiro atoms. The number of nitrogens with two attached hydrogens (primary N) is 1. The number of benzene rings is 1. The molecule has 0 saturated heterocycles. The molecule has 144 valence electrons. The summed E-state index contributed by atoms with van der Waals surface area (Å²) < 4.78 is 37.5. The number of hydrogen-bond acceptors (Lipinski definition) is 7. The minimum Gasteiger partial charge on any atom is -0.465 e. The summed E-state index contributed by atoms with van der Waals surface area (Å²) in [5.41, 5.74) is 5.65. The van der Waals surface area contributed by atoms with E-state index < -0.39 is 28.0 Å². The fourth-order valence-electron chi connectivity index (χ4n) is 3.19. The van der Waals surface area contributed by atoms with Gasteiger partial charge in [-0.25, -0.2) is 22.7 Å².